The molecule has 0 unspecified atom stereocenters. The molecule has 0 saturated heterocycles. The van der Waals surface area contributed by atoms with Gasteiger partial charge in [-0.2, -0.15) is 0 Å². The molecule has 0 atom stereocenters. The SMILES string of the molecule is Cc1ccc(Nc2ccc3c(c2)CCC(=O)N3)c(N)c1. The van der Waals surface area contributed by atoms with E-state index in [4.69, 9.17) is 5.73 Å². The molecule has 2 aromatic carbocycles. The topological polar surface area (TPSA) is 67.2 Å². The average Bonchev–Trinajstić information content (AvgIpc) is 2.42. The summed E-state index contributed by atoms with van der Waals surface area (Å²) in [4.78, 5) is 11.3. The van der Waals surface area contributed by atoms with E-state index in [1.54, 1.807) is 0 Å². The molecule has 0 aliphatic carbocycles. The Bertz CT molecular complexity index is 679. The highest BCUT2D eigenvalue weighted by molar-refractivity contribution is 5.94. The second-order valence-corrected chi connectivity index (χ2v) is 5.14. The largest absolute Gasteiger partial charge is 0.397 e. The number of carbonyl (C=O) groups excluding carboxylic acids is 1. The molecule has 4 nitrogen and oxygen atoms in total. The van der Waals surface area contributed by atoms with Crippen LogP contribution in [0.4, 0.5) is 22.7 Å². The first-order valence-electron chi connectivity index (χ1n) is 6.68. The smallest absolute Gasteiger partial charge is 0.224 e. The van der Waals surface area contributed by atoms with Crippen LogP contribution in [0.2, 0.25) is 0 Å². The molecular weight excluding hydrogens is 250 g/mol. The minimum Gasteiger partial charge on any atom is -0.397 e. The van der Waals surface area contributed by atoms with Gasteiger partial charge in [0.1, 0.15) is 0 Å². The molecule has 0 spiro atoms. The van der Waals surface area contributed by atoms with Crippen LogP contribution in [0, 0.1) is 6.92 Å². The highest BCUT2D eigenvalue weighted by Crippen LogP contribution is 2.29. The molecule has 0 fully saturated rings. The Morgan fingerprint density at radius 1 is 1.15 bits per heavy atom. The van der Waals surface area contributed by atoms with Crippen LogP contribution in [-0.4, -0.2) is 5.91 Å². The van der Waals surface area contributed by atoms with Crippen molar-refractivity contribution in [3.05, 3.63) is 47.5 Å². The molecule has 1 aliphatic rings. The number of fused-ring (bicyclic) bond motifs is 1. The molecular formula is C16H17N3O. The number of amides is 1. The number of anilines is 4. The summed E-state index contributed by atoms with van der Waals surface area (Å²) in [7, 11) is 0. The first-order chi connectivity index (χ1) is 9.61. The third-order valence-electron chi connectivity index (χ3n) is 3.49. The predicted octanol–water partition coefficient (Wildman–Crippen LogP) is 3.21. The molecule has 1 aliphatic heterocycles. The van der Waals surface area contributed by atoms with E-state index in [1.165, 1.54) is 0 Å². The number of carbonyl (C=O) groups is 1. The standard InChI is InChI=1S/C16H17N3O/c1-10-2-5-15(13(17)8-10)18-12-4-6-14-11(9-12)3-7-16(20)19-14/h2,4-6,8-9,18H,3,7,17H2,1H3,(H,19,20). The van der Waals surface area contributed by atoms with Crippen LogP contribution >= 0.6 is 0 Å². The number of rotatable bonds is 2. The summed E-state index contributed by atoms with van der Waals surface area (Å²) in [6, 6.07) is 11.9. The van der Waals surface area contributed by atoms with Crippen molar-refractivity contribution in [3.8, 4) is 0 Å². The van der Waals surface area contributed by atoms with Crippen LogP contribution in [0.3, 0.4) is 0 Å². The predicted molar refractivity (Wildman–Crippen MR) is 82.3 cm³/mol. The third kappa shape index (κ3) is 2.45. The summed E-state index contributed by atoms with van der Waals surface area (Å²) in [5.74, 6) is 0.0842. The van der Waals surface area contributed by atoms with E-state index in [2.05, 4.69) is 16.7 Å². The number of nitrogens with one attached hydrogen (secondary N) is 2. The summed E-state index contributed by atoms with van der Waals surface area (Å²) >= 11 is 0. The number of nitrogen functional groups attached to an aromatic ring is 1. The van der Waals surface area contributed by atoms with Gasteiger partial charge < -0.3 is 16.4 Å². The Hall–Kier alpha value is -2.49. The van der Waals surface area contributed by atoms with Gasteiger partial charge in [-0.1, -0.05) is 6.07 Å². The van der Waals surface area contributed by atoms with Gasteiger partial charge in [0, 0.05) is 17.8 Å². The first kappa shape index (κ1) is 12.5. The van der Waals surface area contributed by atoms with Crippen molar-refractivity contribution in [2.24, 2.45) is 0 Å². The van der Waals surface area contributed by atoms with Gasteiger partial charge >= 0.3 is 0 Å². The van der Waals surface area contributed by atoms with Crippen LogP contribution in [-0.2, 0) is 11.2 Å². The van der Waals surface area contributed by atoms with Crippen molar-refractivity contribution in [3.63, 3.8) is 0 Å². The summed E-state index contributed by atoms with van der Waals surface area (Å²) < 4.78 is 0. The first-order valence-corrected chi connectivity index (χ1v) is 6.68. The molecule has 2 aromatic rings. The fourth-order valence-corrected chi connectivity index (χ4v) is 2.41. The van der Waals surface area contributed by atoms with Crippen LogP contribution < -0.4 is 16.4 Å². The van der Waals surface area contributed by atoms with E-state index >= 15 is 0 Å². The fourth-order valence-electron chi connectivity index (χ4n) is 2.41. The van der Waals surface area contributed by atoms with E-state index in [9.17, 15) is 4.79 Å². The number of hydrogen-bond acceptors (Lipinski definition) is 3. The Kier molecular flexibility index (Phi) is 3.06. The van der Waals surface area contributed by atoms with Gasteiger partial charge in [0.15, 0.2) is 0 Å². The van der Waals surface area contributed by atoms with E-state index in [0.717, 1.165) is 40.3 Å². The normalized spacial score (nSPS) is 13.6. The van der Waals surface area contributed by atoms with Gasteiger partial charge in [0.2, 0.25) is 5.91 Å². The van der Waals surface area contributed by atoms with E-state index in [-0.39, 0.29) is 5.91 Å². The zero-order valence-corrected chi connectivity index (χ0v) is 11.4. The van der Waals surface area contributed by atoms with Crippen LogP contribution in [0.15, 0.2) is 36.4 Å². The second kappa shape index (κ2) is 4.89. The Morgan fingerprint density at radius 3 is 2.80 bits per heavy atom. The molecule has 3 rings (SSSR count). The van der Waals surface area contributed by atoms with E-state index in [1.807, 2.05) is 37.3 Å². The van der Waals surface area contributed by atoms with Crippen LogP contribution in [0.5, 0.6) is 0 Å². The van der Waals surface area contributed by atoms with Gasteiger partial charge in [-0.05, 0) is 54.8 Å². The monoisotopic (exact) mass is 267 g/mol. The fraction of sp³-hybridized carbons (Fsp3) is 0.188. The molecule has 20 heavy (non-hydrogen) atoms. The van der Waals surface area contributed by atoms with Crippen molar-refractivity contribution in [1.29, 1.82) is 0 Å². The average molecular weight is 267 g/mol. The minimum atomic E-state index is 0.0842. The Balaban J connectivity index is 1.86. The molecule has 0 bridgehead atoms. The number of hydrogen-bond donors (Lipinski definition) is 3. The summed E-state index contributed by atoms with van der Waals surface area (Å²) in [6.45, 7) is 2.02. The van der Waals surface area contributed by atoms with E-state index in [0.29, 0.717) is 6.42 Å². The van der Waals surface area contributed by atoms with Gasteiger partial charge in [-0.15, -0.1) is 0 Å². The highest BCUT2D eigenvalue weighted by atomic mass is 16.1. The lowest BCUT2D eigenvalue weighted by atomic mass is 10.0. The van der Waals surface area contributed by atoms with Gasteiger partial charge in [-0.3, -0.25) is 4.79 Å². The third-order valence-corrected chi connectivity index (χ3v) is 3.49. The van der Waals surface area contributed by atoms with Crippen molar-refractivity contribution >= 4 is 28.7 Å². The maximum atomic E-state index is 11.3. The van der Waals surface area contributed by atoms with Crippen molar-refractivity contribution < 1.29 is 4.79 Å². The second-order valence-electron chi connectivity index (χ2n) is 5.14. The molecule has 4 heteroatoms. The van der Waals surface area contributed by atoms with Crippen LogP contribution in [0.25, 0.3) is 0 Å². The molecule has 102 valence electrons. The summed E-state index contributed by atoms with van der Waals surface area (Å²) in [6.07, 6.45) is 1.32. The quantitative estimate of drug-likeness (QED) is 0.732. The molecule has 1 amide bonds. The minimum absolute atomic E-state index is 0.0842. The van der Waals surface area contributed by atoms with E-state index < -0.39 is 0 Å². The zero-order valence-electron chi connectivity index (χ0n) is 11.4. The van der Waals surface area contributed by atoms with Gasteiger partial charge in [-0.25, -0.2) is 0 Å². The summed E-state index contributed by atoms with van der Waals surface area (Å²) in [5.41, 5.74) is 11.8. The van der Waals surface area contributed by atoms with Gasteiger partial charge in [0.05, 0.1) is 11.4 Å². The number of benzene rings is 2. The van der Waals surface area contributed by atoms with Crippen molar-refractivity contribution in [1.82, 2.24) is 0 Å². The molecule has 4 N–H and O–H groups in total. The Morgan fingerprint density at radius 2 is 2.00 bits per heavy atom. The molecule has 0 radical (unpaired) electrons. The lowest BCUT2D eigenvalue weighted by Gasteiger charge is -2.18. The number of nitrogens with two attached hydrogens (primary N) is 1. The number of aryl methyl sites for hydroxylation is 2. The lowest BCUT2D eigenvalue weighted by molar-refractivity contribution is -0.116. The zero-order chi connectivity index (χ0) is 14.1. The highest BCUT2D eigenvalue weighted by Gasteiger charge is 2.14. The lowest BCUT2D eigenvalue weighted by Crippen LogP contribution is -2.18. The Labute approximate surface area is 118 Å². The maximum Gasteiger partial charge on any atom is 0.224 e. The van der Waals surface area contributed by atoms with Gasteiger partial charge in [0.25, 0.3) is 0 Å². The molecule has 1 heterocycles. The van der Waals surface area contributed by atoms with Crippen molar-refractivity contribution in [2.45, 2.75) is 19.8 Å². The maximum absolute atomic E-state index is 11.3. The van der Waals surface area contributed by atoms with Crippen LogP contribution in [0.1, 0.15) is 17.5 Å². The van der Waals surface area contributed by atoms with Crippen molar-refractivity contribution in [2.75, 3.05) is 16.4 Å². The molecule has 0 saturated carbocycles. The summed E-state index contributed by atoms with van der Waals surface area (Å²) in [5, 5.41) is 6.20. The molecule has 0 aromatic heterocycles.